The van der Waals surface area contributed by atoms with E-state index in [0.29, 0.717) is 12.2 Å². The van der Waals surface area contributed by atoms with Gasteiger partial charge in [-0.2, -0.15) is 0 Å². The molecular weight excluding hydrogens is 308 g/mol. The van der Waals surface area contributed by atoms with Crippen molar-refractivity contribution in [1.29, 1.82) is 0 Å². The van der Waals surface area contributed by atoms with Gasteiger partial charge in [0, 0.05) is 0 Å². The second-order valence-corrected chi connectivity index (χ2v) is 6.43. The van der Waals surface area contributed by atoms with Crippen molar-refractivity contribution in [3.63, 3.8) is 0 Å². The van der Waals surface area contributed by atoms with Crippen molar-refractivity contribution in [1.82, 2.24) is 0 Å². The number of benzene rings is 1. The topological polar surface area (TPSA) is 26.3 Å². The SMILES string of the molecule is C/C=C(/C/C=C/CCCCCCC)CCCOC(=O)c1ccccc1. The number of hydrogen-bond acceptors (Lipinski definition) is 2. The monoisotopic (exact) mass is 342 g/mol. The first-order valence-corrected chi connectivity index (χ1v) is 9.79. The van der Waals surface area contributed by atoms with Crippen molar-refractivity contribution in [3.05, 3.63) is 59.7 Å². The van der Waals surface area contributed by atoms with E-state index >= 15 is 0 Å². The Morgan fingerprint density at radius 3 is 2.48 bits per heavy atom. The fraction of sp³-hybridized carbons (Fsp3) is 0.522. The second-order valence-electron chi connectivity index (χ2n) is 6.43. The van der Waals surface area contributed by atoms with Crippen molar-refractivity contribution in [2.75, 3.05) is 6.61 Å². The van der Waals surface area contributed by atoms with E-state index in [2.05, 4.69) is 32.1 Å². The van der Waals surface area contributed by atoms with Crippen LogP contribution in [0.5, 0.6) is 0 Å². The standard InChI is InChI=1S/C23H34O2/c1-3-5-6-7-8-9-10-12-16-21(4-2)17-15-20-25-23(24)22-18-13-11-14-19-22/h4,10-14,18-19H,3,5-9,15-17,20H2,1-2H3/b12-10+,21-4-. The summed E-state index contributed by atoms with van der Waals surface area (Å²) in [6.07, 6.45) is 17.5. The Morgan fingerprint density at radius 1 is 1.00 bits per heavy atom. The quantitative estimate of drug-likeness (QED) is 0.222. The molecule has 0 aliphatic carbocycles. The van der Waals surface area contributed by atoms with E-state index in [1.165, 1.54) is 44.1 Å². The number of ether oxygens (including phenoxy) is 1. The van der Waals surface area contributed by atoms with E-state index in [1.54, 1.807) is 12.1 Å². The number of unbranched alkanes of at least 4 members (excludes halogenated alkanes) is 5. The van der Waals surface area contributed by atoms with Gasteiger partial charge in [-0.25, -0.2) is 4.79 Å². The third kappa shape index (κ3) is 10.6. The number of rotatable bonds is 13. The maximum Gasteiger partial charge on any atom is 0.338 e. The van der Waals surface area contributed by atoms with Gasteiger partial charge in [-0.1, -0.05) is 74.6 Å². The largest absolute Gasteiger partial charge is 0.462 e. The molecule has 0 saturated heterocycles. The highest BCUT2D eigenvalue weighted by Crippen LogP contribution is 2.12. The molecule has 0 aliphatic heterocycles. The highest BCUT2D eigenvalue weighted by Gasteiger charge is 2.05. The van der Waals surface area contributed by atoms with Gasteiger partial charge in [-0.15, -0.1) is 0 Å². The molecule has 0 radical (unpaired) electrons. The van der Waals surface area contributed by atoms with Crippen LogP contribution in [0.2, 0.25) is 0 Å². The van der Waals surface area contributed by atoms with Crippen LogP contribution in [0, 0.1) is 0 Å². The van der Waals surface area contributed by atoms with Crippen molar-refractivity contribution in [3.8, 4) is 0 Å². The van der Waals surface area contributed by atoms with E-state index in [-0.39, 0.29) is 5.97 Å². The van der Waals surface area contributed by atoms with Crippen LogP contribution >= 0.6 is 0 Å². The molecule has 0 atom stereocenters. The fourth-order valence-corrected chi connectivity index (χ4v) is 2.70. The number of carbonyl (C=O) groups excluding carboxylic acids is 1. The molecule has 1 aromatic rings. The zero-order valence-electron chi connectivity index (χ0n) is 16.0. The smallest absolute Gasteiger partial charge is 0.338 e. The van der Waals surface area contributed by atoms with Crippen molar-refractivity contribution in [2.45, 2.75) is 71.6 Å². The molecule has 25 heavy (non-hydrogen) atoms. The molecule has 0 aromatic heterocycles. The number of carbonyl (C=O) groups is 1. The number of hydrogen-bond donors (Lipinski definition) is 0. The molecule has 0 N–H and O–H groups in total. The van der Waals surface area contributed by atoms with Gasteiger partial charge in [0.2, 0.25) is 0 Å². The van der Waals surface area contributed by atoms with Crippen LogP contribution in [-0.4, -0.2) is 12.6 Å². The normalized spacial score (nSPS) is 11.8. The predicted molar refractivity (Wildman–Crippen MR) is 107 cm³/mol. The number of allylic oxidation sites excluding steroid dienone is 4. The molecule has 0 unspecified atom stereocenters. The molecule has 2 nitrogen and oxygen atoms in total. The lowest BCUT2D eigenvalue weighted by molar-refractivity contribution is 0.0500. The van der Waals surface area contributed by atoms with E-state index in [4.69, 9.17) is 4.74 Å². The average molecular weight is 343 g/mol. The van der Waals surface area contributed by atoms with Gasteiger partial charge in [0.15, 0.2) is 0 Å². The Labute approximate surface area is 154 Å². The van der Waals surface area contributed by atoms with Crippen LogP contribution < -0.4 is 0 Å². The zero-order chi connectivity index (χ0) is 18.2. The molecule has 0 heterocycles. The highest BCUT2D eigenvalue weighted by atomic mass is 16.5. The lowest BCUT2D eigenvalue weighted by Crippen LogP contribution is -2.06. The van der Waals surface area contributed by atoms with E-state index < -0.39 is 0 Å². The van der Waals surface area contributed by atoms with E-state index in [1.807, 2.05) is 18.2 Å². The van der Waals surface area contributed by atoms with Crippen molar-refractivity contribution in [2.24, 2.45) is 0 Å². The molecular formula is C23H34O2. The molecule has 2 heteroatoms. The Bertz CT molecular complexity index is 514. The summed E-state index contributed by atoms with van der Waals surface area (Å²) in [5.41, 5.74) is 2.04. The fourth-order valence-electron chi connectivity index (χ4n) is 2.70. The van der Waals surface area contributed by atoms with Crippen LogP contribution in [-0.2, 0) is 4.74 Å². The second kappa shape index (κ2) is 14.5. The minimum Gasteiger partial charge on any atom is -0.462 e. The lowest BCUT2D eigenvalue weighted by Gasteiger charge is -2.06. The molecule has 1 rings (SSSR count). The van der Waals surface area contributed by atoms with Gasteiger partial charge in [-0.05, 0) is 51.2 Å². The summed E-state index contributed by atoms with van der Waals surface area (Å²) < 4.78 is 5.33. The Hall–Kier alpha value is -1.83. The summed E-state index contributed by atoms with van der Waals surface area (Å²) in [6.45, 7) is 4.82. The summed E-state index contributed by atoms with van der Waals surface area (Å²) >= 11 is 0. The van der Waals surface area contributed by atoms with Crippen LogP contribution in [0.3, 0.4) is 0 Å². The maximum atomic E-state index is 11.8. The van der Waals surface area contributed by atoms with Gasteiger partial charge < -0.3 is 4.74 Å². The van der Waals surface area contributed by atoms with Crippen molar-refractivity contribution >= 4 is 5.97 Å². The van der Waals surface area contributed by atoms with Crippen LogP contribution in [0.25, 0.3) is 0 Å². The molecule has 0 amide bonds. The Balaban J connectivity index is 2.11. The molecule has 0 fully saturated rings. The van der Waals surface area contributed by atoms with Crippen LogP contribution in [0.15, 0.2) is 54.1 Å². The molecule has 0 spiro atoms. The lowest BCUT2D eigenvalue weighted by atomic mass is 10.1. The maximum absolute atomic E-state index is 11.8. The van der Waals surface area contributed by atoms with Gasteiger partial charge in [0.1, 0.15) is 0 Å². The van der Waals surface area contributed by atoms with Gasteiger partial charge >= 0.3 is 5.97 Å². The van der Waals surface area contributed by atoms with Gasteiger partial charge in [0.25, 0.3) is 0 Å². The average Bonchev–Trinajstić information content (AvgIpc) is 2.66. The summed E-state index contributed by atoms with van der Waals surface area (Å²) in [7, 11) is 0. The van der Waals surface area contributed by atoms with E-state index in [9.17, 15) is 4.79 Å². The Morgan fingerprint density at radius 2 is 1.76 bits per heavy atom. The third-order valence-corrected chi connectivity index (χ3v) is 4.31. The first-order valence-electron chi connectivity index (χ1n) is 9.79. The minimum absolute atomic E-state index is 0.231. The molecule has 0 saturated carbocycles. The van der Waals surface area contributed by atoms with Gasteiger partial charge in [0.05, 0.1) is 12.2 Å². The minimum atomic E-state index is -0.231. The Kier molecular flexibility index (Phi) is 12.3. The predicted octanol–water partition coefficient (Wildman–Crippen LogP) is 6.88. The first-order chi connectivity index (χ1) is 12.3. The van der Waals surface area contributed by atoms with Crippen LogP contribution in [0.1, 0.15) is 82.0 Å². The summed E-state index contributed by atoms with van der Waals surface area (Å²) in [5.74, 6) is -0.231. The third-order valence-electron chi connectivity index (χ3n) is 4.31. The van der Waals surface area contributed by atoms with Gasteiger partial charge in [-0.3, -0.25) is 0 Å². The van der Waals surface area contributed by atoms with Crippen LogP contribution in [0.4, 0.5) is 0 Å². The summed E-state index contributed by atoms with van der Waals surface area (Å²) in [6, 6.07) is 9.17. The van der Waals surface area contributed by atoms with E-state index in [0.717, 1.165) is 19.3 Å². The summed E-state index contributed by atoms with van der Waals surface area (Å²) in [5, 5.41) is 0. The highest BCUT2D eigenvalue weighted by molar-refractivity contribution is 5.89. The molecule has 0 aliphatic rings. The molecule has 138 valence electrons. The summed E-state index contributed by atoms with van der Waals surface area (Å²) in [4.78, 5) is 11.8. The molecule has 0 bridgehead atoms. The van der Waals surface area contributed by atoms with Crippen molar-refractivity contribution < 1.29 is 9.53 Å². The number of esters is 1. The first kappa shape index (κ1) is 21.2. The molecule has 1 aromatic carbocycles. The zero-order valence-corrected chi connectivity index (χ0v) is 16.0.